The van der Waals surface area contributed by atoms with Crippen molar-refractivity contribution in [1.29, 1.82) is 0 Å². The summed E-state index contributed by atoms with van der Waals surface area (Å²) < 4.78 is 5.55. The number of alkyl carbamates (subject to hydrolysis) is 1. The summed E-state index contributed by atoms with van der Waals surface area (Å²) in [7, 11) is 1.38. The molecule has 0 saturated carbocycles. The molecular formula is C25H30N2O6. The summed E-state index contributed by atoms with van der Waals surface area (Å²) >= 11 is 0. The molecule has 0 aromatic heterocycles. The van der Waals surface area contributed by atoms with Gasteiger partial charge in [-0.1, -0.05) is 62.4 Å². The Labute approximate surface area is 193 Å². The van der Waals surface area contributed by atoms with E-state index >= 15 is 0 Å². The van der Waals surface area contributed by atoms with Gasteiger partial charge in [-0.2, -0.15) is 0 Å². The maximum absolute atomic E-state index is 12.4. The summed E-state index contributed by atoms with van der Waals surface area (Å²) in [5.41, 5.74) is 4.60. The van der Waals surface area contributed by atoms with Crippen LogP contribution < -0.4 is 5.32 Å². The lowest BCUT2D eigenvalue weighted by Crippen LogP contribution is -2.37. The summed E-state index contributed by atoms with van der Waals surface area (Å²) in [4.78, 5) is 40.2. The molecule has 0 bridgehead atoms. The molecule has 2 aromatic carbocycles. The van der Waals surface area contributed by atoms with Crippen molar-refractivity contribution in [3.8, 4) is 11.1 Å². The maximum atomic E-state index is 12.4. The molecule has 176 valence electrons. The fraction of sp³-hybridized carbons (Fsp3) is 0.400. The van der Waals surface area contributed by atoms with Gasteiger partial charge in [-0.05, 0) is 34.1 Å². The third-order valence-electron chi connectivity index (χ3n) is 5.96. The van der Waals surface area contributed by atoms with Crippen LogP contribution in [0.2, 0.25) is 0 Å². The number of benzene rings is 2. The number of nitrogens with one attached hydrogen (secondary N) is 1. The van der Waals surface area contributed by atoms with E-state index in [1.807, 2.05) is 38.1 Å². The smallest absolute Gasteiger partial charge is 0.407 e. The lowest BCUT2D eigenvalue weighted by Gasteiger charge is -2.23. The molecule has 1 atom stereocenters. The Kier molecular flexibility index (Phi) is 8.06. The Balaban J connectivity index is 1.53. The van der Waals surface area contributed by atoms with E-state index in [1.165, 1.54) is 7.05 Å². The normalized spacial score (nSPS) is 13.2. The fourth-order valence-corrected chi connectivity index (χ4v) is 3.98. The minimum Gasteiger partial charge on any atom is -0.479 e. The van der Waals surface area contributed by atoms with E-state index in [4.69, 9.17) is 14.7 Å². The van der Waals surface area contributed by atoms with Gasteiger partial charge in [-0.15, -0.1) is 0 Å². The molecule has 0 radical (unpaired) electrons. The number of hydroxylamine groups is 2. The number of ether oxygens (including phenoxy) is 1. The van der Waals surface area contributed by atoms with Gasteiger partial charge in [0.1, 0.15) is 6.61 Å². The van der Waals surface area contributed by atoms with Crippen LogP contribution in [0.5, 0.6) is 0 Å². The Bertz CT molecular complexity index is 960. The molecule has 3 rings (SSSR count). The zero-order valence-corrected chi connectivity index (χ0v) is 19.1. The van der Waals surface area contributed by atoms with Crippen LogP contribution >= 0.6 is 0 Å². The number of fused-ring (bicyclic) bond motifs is 3. The summed E-state index contributed by atoms with van der Waals surface area (Å²) in [6, 6.07) is 16.3. The van der Waals surface area contributed by atoms with E-state index in [0.717, 1.165) is 27.3 Å². The van der Waals surface area contributed by atoms with Gasteiger partial charge in [0.25, 0.3) is 0 Å². The second-order valence-electron chi connectivity index (χ2n) is 8.47. The second kappa shape index (κ2) is 11.0. The zero-order valence-electron chi connectivity index (χ0n) is 19.1. The topological polar surface area (TPSA) is 105 Å². The summed E-state index contributed by atoms with van der Waals surface area (Å²) in [5, 5.41) is 12.4. The molecule has 8 heteroatoms. The van der Waals surface area contributed by atoms with Gasteiger partial charge in [-0.3, -0.25) is 9.63 Å². The number of carbonyl (C=O) groups excluding carboxylic acids is 2. The number of carbonyl (C=O) groups is 3. The van der Waals surface area contributed by atoms with Crippen molar-refractivity contribution in [3.63, 3.8) is 0 Å². The number of amides is 2. The van der Waals surface area contributed by atoms with Gasteiger partial charge < -0.3 is 15.2 Å². The number of aliphatic carboxylic acids is 1. The van der Waals surface area contributed by atoms with E-state index in [1.54, 1.807) is 0 Å². The van der Waals surface area contributed by atoms with Crippen molar-refractivity contribution >= 4 is 18.0 Å². The molecule has 2 aromatic rings. The molecule has 1 aliphatic rings. The number of hydrogen-bond acceptors (Lipinski definition) is 5. The monoisotopic (exact) mass is 454 g/mol. The summed E-state index contributed by atoms with van der Waals surface area (Å²) in [5.74, 6) is -1.59. The van der Waals surface area contributed by atoms with Crippen LogP contribution in [0.25, 0.3) is 11.1 Å². The van der Waals surface area contributed by atoms with Gasteiger partial charge >= 0.3 is 12.1 Å². The highest BCUT2D eigenvalue weighted by molar-refractivity contribution is 5.79. The summed E-state index contributed by atoms with van der Waals surface area (Å²) in [6.45, 7) is 3.79. The maximum Gasteiger partial charge on any atom is 0.407 e. The highest BCUT2D eigenvalue weighted by atomic mass is 16.7. The van der Waals surface area contributed by atoms with Gasteiger partial charge in [0.05, 0.1) is 0 Å². The fourth-order valence-electron chi connectivity index (χ4n) is 3.98. The van der Waals surface area contributed by atoms with E-state index in [2.05, 4.69) is 29.6 Å². The molecule has 1 aliphatic carbocycles. The van der Waals surface area contributed by atoms with Crippen molar-refractivity contribution in [2.24, 2.45) is 11.8 Å². The van der Waals surface area contributed by atoms with Crippen molar-refractivity contribution in [2.75, 3.05) is 26.8 Å². The second-order valence-corrected chi connectivity index (χ2v) is 8.47. The van der Waals surface area contributed by atoms with Crippen LogP contribution in [0.4, 0.5) is 4.79 Å². The van der Waals surface area contributed by atoms with Crippen LogP contribution in [0, 0.1) is 11.8 Å². The molecule has 0 saturated heterocycles. The van der Waals surface area contributed by atoms with Gasteiger partial charge in [0, 0.05) is 25.9 Å². The highest BCUT2D eigenvalue weighted by Crippen LogP contribution is 2.44. The third-order valence-corrected chi connectivity index (χ3v) is 5.96. The Morgan fingerprint density at radius 3 is 2.15 bits per heavy atom. The van der Waals surface area contributed by atoms with Crippen molar-refractivity contribution in [2.45, 2.75) is 26.2 Å². The molecule has 0 spiro atoms. The van der Waals surface area contributed by atoms with E-state index in [-0.39, 0.29) is 43.2 Å². The van der Waals surface area contributed by atoms with Crippen molar-refractivity contribution in [3.05, 3.63) is 59.7 Å². The van der Waals surface area contributed by atoms with Gasteiger partial charge in [-0.25, -0.2) is 14.7 Å². The molecule has 0 fully saturated rings. The SMILES string of the molecule is CC(C)C(CNC(=O)OCC1c2ccccc2-c2ccccc21)CC(=O)N(C)OCC(=O)O. The molecule has 8 nitrogen and oxygen atoms in total. The molecule has 0 aliphatic heterocycles. The first-order valence-electron chi connectivity index (χ1n) is 11.0. The van der Waals surface area contributed by atoms with E-state index in [0.29, 0.717) is 0 Å². The highest BCUT2D eigenvalue weighted by Gasteiger charge is 2.29. The Morgan fingerprint density at radius 1 is 1.03 bits per heavy atom. The van der Waals surface area contributed by atoms with Crippen LogP contribution in [0.1, 0.15) is 37.3 Å². The van der Waals surface area contributed by atoms with Crippen LogP contribution in [0.3, 0.4) is 0 Å². The molecule has 1 unspecified atom stereocenters. The van der Waals surface area contributed by atoms with Crippen molar-refractivity contribution in [1.82, 2.24) is 10.4 Å². The summed E-state index contributed by atoms with van der Waals surface area (Å²) in [6.07, 6.45) is -0.428. The number of carboxylic acid groups (broad SMARTS) is 1. The third kappa shape index (κ3) is 6.10. The minimum absolute atomic E-state index is 0.0225. The van der Waals surface area contributed by atoms with Gasteiger partial charge in [0.2, 0.25) is 5.91 Å². The minimum atomic E-state index is -1.16. The average Bonchev–Trinajstić information content (AvgIpc) is 3.12. The molecular weight excluding hydrogens is 424 g/mol. The van der Waals surface area contributed by atoms with E-state index < -0.39 is 18.7 Å². The van der Waals surface area contributed by atoms with Crippen LogP contribution in [-0.4, -0.2) is 54.9 Å². The average molecular weight is 455 g/mol. The zero-order chi connectivity index (χ0) is 24.0. The van der Waals surface area contributed by atoms with Gasteiger partial charge in [0.15, 0.2) is 6.61 Å². The number of nitrogens with zero attached hydrogens (tertiary/aromatic N) is 1. The largest absolute Gasteiger partial charge is 0.479 e. The molecule has 33 heavy (non-hydrogen) atoms. The quantitative estimate of drug-likeness (QED) is 0.531. The van der Waals surface area contributed by atoms with Crippen LogP contribution in [-0.2, 0) is 19.2 Å². The molecule has 2 amide bonds. The number of rotatable bonds is 10. The predicted octanol–water partition coefficient (Wildman–Crippen LogP) is 3.66. The Morgan fingerprint density at radius 2 is 1.61 bits per heavy atom. The first-order chi connectivity index (χ1) is 15.8. The first kappa shape index (κ1) is 24.3. The predicted molar refractivity (Wildman–Crippen MR) is 122 cm³/mol. The Hall–Kier alpha value is -3.39. The lowest BCUT2D eigenvalue weighted by atomic mass is 9.92. The standard InChI is InChI=1S/C25H30N2O6/c1-16(2)17(12-23(28)27(3)33-15-24(29)30)13-26-25(31)32-14-22-20-10-6-4-8-18(20)19-9-5-7-11-21(19)22/h4-11,16-17,22H,12-15H2,1-3H3,(H,26,31)(H,29,30). The van der Waals surface area contributed by atoms with Crippen LogP contribution in [0.15, 0.2) is 48.5 Å². The lowest BCUT2D eigenvalue weighted by molar-refractivity contribution is -0.186. The van der Waals surface area contributed by atoms with E-state index in [9.17, 15) is 14.4 Å². The van der Waals surface area contributed by atoms with Crippen molar-refractivity contribution < 1.29 is 29.1 Å². The molecule has 0 heterocycles. The first-order valence-corrected chi connectivity index (χ1v) is 11.0. The number of carboxylic acids is 1. The number of hydrogen-bond donors (Lipinski definition) is 2. The molecule has 2 N–H and O–H groups in total.